The third-order valence-corrected chi connectivity index (χ3v) is 7.64. The quantitative estimate of drug-likeness (QED) is 0.137. The van der Waals surface area contributed by atoms with Crippen LogP contribution in [0.3, 0.4) is 0 Å². The van der Waals surface area contributed by atoms with Crippen LogP contribution < -0.4 is 23.8 Å². The molecule has 212 valence electrons. The molecule has 1 aromatic heterocycles. The Morgan fingerprint density at radius 2 is 1.78 bits per heavy atom. The highest BCUT2D eigenvalue weighted by molar-refractivity contribution is 7.22. The largest absolute Gasteiger partial charge is 0.507 e. The van der Waals surface area contributed by atoms with E-state index >= 15 is 0 Å². The lowest BCUT2D eigenvalue weighted by Gasteiger charge is -2.24. The number of ketones is 1. The van der Waals surface area contributed by atoms with E-state index in [4.69, 9.17) is 18.9 Å². The van der Waals surface area contributed by atoms with Crippen LogP contribution >= 0.6 is 11.3 Å². The highest BCUT2D eigenvalue weighted by Crippen LogP contribution is 2.46. The molecule has 0 spiro atoms. The van der Waals surface area contributed by atoms with Crippen molar-refractivity contribution in [2.75, 3.05) is 32.3 Å². The number of ether oxygens (including phenoxy) is 4. The van der Waals surface area contributed by atoms with Gasteiger partial charge in [0.2, 0.25) is 0 Å². The van der Waals surface area contributed by atoms with Gasteiger partial charge in [-0.25, -0.2) is 4.98 Å². The van der Waals surface area contributed by atoms with Gasteiger partial charge in [-0.15, -0.1) is 0 Å². The molecule has 1 unspecified atom stereocenters. The van der Waals surface area contributed by atoms with Crippen molar-refractivity contribution < 1.29 is 33.6 Å². The van der Waals surface area contributed by atoms with Crippen LogP contribution in [0.2, 0.25) is 0 Å². The number of benzene rings is 3. The van der Waals surface area contributed by atoms with Crippen molar-refractivity contribution in [3.63, 3.8) is 0 Å². The average molecular weight is 575 g/mol. The molecule has 0 bridgehead atoms. The van der Waals surface area contributed by atoms with E-state index in [0.29, 0.717) is 58.0 Å². The Balaban J connectivity index is 1.70. The van der Waals surface area contributed by atoms with Crippen molar-refractivity contribution in [1.82, 2.24) is 4.98 Å². The van der Waals surface area contributed by atoms with E-state index in [2.05, 4.69) is 4.98 Å². The summed E-state index contributed by atoms with van der Waals surface area (Å²) >= 11 is 1.25. The molecular formula is C31H30N2O7S. The molecule has 5 rings (SSSR count). The van der Waals surface area contributed by atoms with Crippen LogP contribution in [0.25, 0.3) is 16.0 Å². The Morgan fingerprint density at radius 1 is 0.951 bits per heavy atom. The summed E-state index contributed by atoms with van der Waals surface area (Å²) in [6.45, 7) is 4.79. The molecule has 1 aliphatic rings. The molecule has 4 aromatic rings. The van der Waals surface area contributed by atoms with Gasteiger partial charge in [0.1, 0.15) is 17.3 Å². The first kappa shape index (κ1) is 28.0. The van der Waals surface area contributed by atoms with Gasteiger partial charge in [0.25, 0.3) is 5.78 Å². The fourth-order valence-corrected chi connectivity index (χ4v) is 5.73. The number of amides is 1. The molecule has 1 amide bonds. The van der Waals surface area contributed by atoms with Gasteiger partial charge in [-0.2, -0.15) is 0 Å². The van der Waals surface area contributed by atoms with E-state index in [1.54, 1.807) is 61.7 Å². The lowest BCUT2D eigenvalue weighted by Crippen LogP contribution is -2.29. The summed E-state index contributed by atoms with van der Waals surface area (Å²) in [6.07, 6.45) is 0.814. The molecular weight excluding hydrogens is 544 g/mol. The van der Waals surface area contributed by atoms with Crippen molar-refractivity contribution in [3.8, 4) is 23.0 Å². The summed E-state index contributed by atoms with van der Waals surface area (Å²) in [5.41, 5.74) is 1.48. The summed E-state index contributed by atoms with van der Waals surface area (Å²) in [7, 11) is 3.09. The number of aliphatic hydroxyl groups is 1. The molecule has 41 heavy (non-hydrogen) atoms. The normalized spacial score (nSPS) is 16.3. The molecule has 3 aromatic carbocycles. The number of thiazole rings is 1. The van der Waals surface area contributed by atoms with Crippen LogP contribution in [0.5, 0.6) is 23.0 Å². The zero-order valence-electron chi connectivity index (χ0n) is 23.2. The number of hydrogen-bond donors (Lipinski definition) is 1. The second-order valence-electron chi connectivity index (χ2n) is 9.22. The Morgan fingerprint density at radius 3 is 2.51 bits per heavy atom. The molecule has 0 radical (unpaired) electrons. The van der Waals surface area contributed by atoms with E-state index < -0.39 is 17.7 Å². The van der Waals surface area contributed by atoms with E-state index in [1.807, 2.05) is 19.9 Å². The zero-order chi connectivity index (χ0) is 29.1. The van der Waals surface area contributed by atoms with Gasteiger partial charge >= 0.3 is 5.91 Å². The second-order valence-corrected chi connectivity index (χ2v) is 10.2. The predicted octanol–water partition coefficient (Wildman–Crippen LogP) is 6.13. The number of hydrogen-bond acceptors (Lipinski definition) is 9. The molecule has 10 heteroatoms. The van der Waals surface area contributed by atoms with Gasteiger partial charge in [0, 0.05) is 5.56 Å². The highest BCUT2D eigenvalue weighted by atomic mass is 32.1. The first-order chi connectivity index (χ1) is 19.9. The van der Waals surface area contributed by atoms with Gasteiger partial charge in [0.15, 0.2) is 16.6 Å². The van der Waals surface area contributed by atoms with Crippen LogP contribution in [-0.4, -0.2) is 49.2 Å². The number of carbonyl (C=O) groups excluding carboxylic acids is 2. The van der Waals surface area contributed by atoms with Gasteiger partial charge in [0.05, 0.1) is 49.3 Å². The molecule has 1 saturated heterocycles. The monoisotopic (exact) mass is 574 g/mol. The number of nitrogens with zero attached hydrogens (tertiary/aromatic N) is 2. The second kappa shape index (κ2) is 11.9. The third-order valence-electron chi connectivity index (χ3n) is 6.62. The lowest BCUT2D eigenvalue weighted by atomic mass is 9.95. The van der Waals surface area contributed by atoms with Gasteiger partial charge < -0.3 is 24.1 Å². The van der Waals surface area contributed by atoms with Crippen LogP contribution in [0.4, 0.5) is 5.13 Å². The van der Waals surface area contributed by atoms with E-state index in [0.717, 1.165) is 11.1 Å². The summed E-state index contributed by atoms with van der Waals surface area (Å²) in [4.78, 5) is 33.3. The van der Waals surface area contributed by atoms with Crippen LogP contribution in [-0.2, 0) is 9.59 Å². The van der Waals surface area contributed by atoms with Gasteiger partial charge in [-0.1, -0.05) is 36.5 Å². The van der Waals surface area contributed by atoms with Crippen molar-refractivity contribution in [3.05, 3.63) is 77.4 Å². The molecule has 1 N–H and O–H groups in total. The number of aliphatic hydroxyl groups excluding tert-OH is 1. The maximum Gasteiger partial charge on any atom is 0.301 e. The van der Waals surface area contributed by atoms with Crippen LogP contribution in [0, 0.1) is 0 Å². The predicted molar refractivity (Wildman–Crippen MR) is 157 cm³/mol. The van der Waals surface area contributed by atoms with Gasteiger partial charge in [-0.3, -0.25) is 14.5 Å². The van der Waals surface area contributed by atoms with Gasteiger partial charge in [-0.05, 0) is 61.4 Å². The minimum Gasteiger partial charge on any atom is -0.507 e. The molecule has 0 saturated carbocycles. The molecule has 1 fully saturated rings. The number of anilines is 1. The maximum atomic E-state index is 13.7. The summed E-state index contributed by atoms with van der Waals surface area (Å²) in [6, 6.07) is 16.4. The van der Waals surface area contributed by atoms with Crippen molar-refractivity contribution in [2.24, 2.45) is 0 Å². The number of aromatic nitrogens is 1. The first-order valence-corrected chi connectivity index (χ1v) is 14.0. The topological polar surface area (TPSA) is 107 Å². The highest BCUT2D eigenvalue weighted by Gasteiger charge is 2.48. The van der Waals surface area contributed by atoms with Crippen molar-refractivity contribution >= 4 is 44.1 Å². The summed E-state index contributed by atoms with van der Waals surface area (Å²) in [5.74, 6) is 0.207. The Kier molecular flexibility index (Phi) is 8.11. The molecule has 1 aliphatic heterocycles. The molecule has 1 atom stereocenters. The van der Waals surface area contributed by atoms with Crippen LogP contribution in [0.1, 0.15) is 37.4 Å². The SMILES string of the molecule is CCCOc1cccc(/C(O)=C2\C(=O)C(=O)N(c3nc4ccc(OC)cc4s3)C2c2ccc(OCC)c(OC)c2)c1. The smallest absolute Gasteiger partial charge is 0.301 e. The Labute approximate surface area is 241 Å². The number of carbonyl (C=O) groups is 2. The minimum absolute atomic E-state index is 0.0642. The number of rotatable bonds is 10. The summed E-state index contributed by atoms with van der Waals surface area (Å²) in [5, 5.41) is 11.9. The van der Waals surface area contributed by atoms with E-state index in [-0.39, 0.29) is 11.3 Å². The molecule has 2 heterocycles. The number of methoxy groups -OCH3 is 2. The Hall–Kier alpha value is -4.57. The summed E-state index contributed by atoms with van der Waals surface area (Å²) < 4.78 is 23.1. The van der Waals surface area contributed by atoms with E-state index in [1.165, 1.54) is 23.3 Å². The zero-order valence-corrected chi connectivity index (χ0v) is 24.0. The number of Topliss-reactive ketones (excluding diaryl/α,β-unsaturated/α-hetero) is 1. The maximum absolute atomic E-state index is 13.7. The standard InChI is InChI=1S/C31H30N2O7S/c1-5-14-40-21-9-7-8-19(15-21)28(34)26-27(18-10-13-23(39-6-2)24(16-18)38-4)33(30(36)29(26)35)31-32-22-12-11-20(37-3)17-25(22)41-31/h7-13,15-17,27,34H,5-6,14H2,1-4H3/b28-26+. The van der Waals surface area contributed by atoms with Crippen molar-refractivity contribution in [2.45, 2.75) is 26.3 Å². The minimum atomic E-state index is -0.984. The van der Waals surface area contributed by atoms with Crippen LogP contribution in [0.15, 0.2) is 66.2 Å². The third kappa shape index (κ3) is 5.30. The molecule has 0 aliphatic carbocycles. The first-order valence-electron chi connectivity index (χ1n) is 13.2. The number of fused-ring (bicyclic) bond motifs is 1. The van der Waals surface area contributed by atoms with E-state index in [9.17, 15) is 14.7 Å². The molecule has 9 nitrogen and oxygen atoms in total. The fraction of sp³-hybridized carbons (Fsp3) is 0.258. The van der Waals surface area contributed by atoms with Crippen molar-refractivity contribution in [1.29, 1.82) is 0 Å². The average Bonchev–Trinajstić information content (AvgIpc) is 3.53. The fourth-order valence-electron chi connectivity index (χ4n) is 4.71. The lowest BCUT2D eigenvalue weighted by molar-refractivity contribution is -0.132. The Bertz CT molecular complexity index is 1640.